The van der Waals surface area contributed by atoms with Crippen molar-refractivity contribution in [1.82, 2.24) is 0 Å². The predicted molar refractivity (Wildman–Crippen MR) is 79.2 cm³/mol. The van der Waals surface area contributed by atoms with Crippen molar-refractivity contribution in [1.29, 1.82) is 0 Å². The summed E-state index contributed by atoms with van der Waals surface area (Å²) in [4.78, 5) is 10.3. The van der Waals surface area contributed by atoms with E-state index in [1.807, 2.05) is 0 Å². The summed E-state index contributed by atoms with van der Waals surface area (Å²) in [6.07, 6.45) is 18.2. The summed E-state index contributed by atoms with van der Waals surface area (Å²) in [6.45, 7) is 0.318. The van der Waals surface area contributed by atoms with Crippen molar-refractivity contribution in [2.24, 2.45) is 0 Å². The van der Waals surface area contributed by atoms with Gasteiger partial charge in [-0.05, 0) is 38.5 Å². The highest BCUT2D eigenvalue weighted by molar-refractivity contribution is 5.66. The van der Waals surface area contributed by atoms with Gasteiger partial charge in [-0.15, -0.1) is 0 Å². The Bertz CT molecular complexity index is 257. The lowest BCUT2D eigenvalue weighted by atomic mass is 10.1. The normalized spacial score (nSPS) is 11.6. The van der Waals surface area contributed by atoms with Crippen LogP contribution >= 0.6 is 0 Å². The van der Waals surface area contributed by atoms with Crippen LogP contribution in [0.15, 0.2) is 24.3 Å². The van der Waals surface area contributed by atoms with E-state index in [4.69, 9.17) is 10.2 Å². The molecule has 0 aliphatic rings. The molecule has 0 unspecified atom stereocenters. The molecule has 0 rings (SSSR count). The molecule has 0 aromatic rings. The summed E-state index contributed by atoms with van der Waals surface area (Å²) >= 11 is 0. The van der Waals surface area contributed by atoms with Gasteiger partial charge in [-0.3, -0.25) is 4.79 Å². The van der Waals surface area contributed by atoms with E-state index in [1.54, 1.807) is 0 Å². The first kappa shape index (κ1) is 17.9. The minimum atomic E-state index is -0.715. The number of carbonyl (C=O) groups is 1. The largest absolute Gasteiger partial charge is 0.481 e. The summed E-state index contributed by atoms with van der Waals surface area (Å²) in [5.41, 5.74) is 0. The molecule has 19 heavy (non-hydrogen) atoms. The molecule has 0 heterocycles. The average molecular weight is 268 g/mol. The van der Waals surface area contributed by atoms with E-state index in [2.05, 4.69) is 24.3 Å². The van der Waals surface area contributed by atoms with E-state index >= 15 is 0 Å². The number of aliphatic hydroxyl groups is 1. The third-order valence-electron chi connectivity index (χ3n) is 2.90. The van der Waals surface area contributed by atoms with E-state index in [1.165, 1.54) is 19.3 Å². The predicted octanol–water partition coefficient (Wildman–Crippen LogP) is 4.08. The fourth-order valence-electron chi connectivity index (χ4n) is 1.78. The summed E-state index contributed by atoms with van der Waals surface area (Å²) in [5.74, 6) is -0.715. The van der Waals surface area contributed by atoms with Crippen molar-refractivity contribution in [2.75, 3.05) is 6.61 Å². The number of hydrogen-bond donors (Lipinski definition) is 2. The van der Waals surface area contributed by atoms with Gasteiger partial charge in [0.15, 0.2) is 0 Å². The van der Waals surface area contributed by atoms with Crippen LogP contribution in [0.2, 0.25) is 0 Å². The Kier molecular flexibility index (Phi) is 14.1. The van der Waals surface area contributed by atoms with Crippen molar-refractivity contribution in [3.8, 4) is 0 Å². The van der Waals surface area contributed by atoms with Crippen molar-refractivity contribution >= 4 is 5.97 Å². The van der Waals surface area contributed by atoms with Gasteiger partial charge in [-0.2, -0.15) is 0 Å². The first-order valence-corrected chi connectivity index (χ1v) is 7.40. The van der Waals surface area contributed by atoms with Gasteiger partial charge in [-0.1, -0.05) is 43.6 Å². The number of hydrogen-bond acceptors (Lipinski definition) is 2. The van der Waals surface area contributed by atoms with Crippen molar-refractivity contribution in [3.63, 3.8) is 0 Å². The molecule has 0 spiro atoms. The standard InChI is InChI=1S/C16H28O3/c17-15-13-11-9-7-5-3-1-2-4-6-8-10-12-14-16(18)19/h1-2,6,8,17H,3-5,7,9-15H2,(H,18,19). The average Bonchev–Trinajstić information content (AvgIpc) is 2.39. The van der Waals surface area contributed by atoms with Crippen molar-refractivity contribution in [2.45, 2.75) is 64.2 Å². The van der Waals surface area contributed by atoms with Crippen LogP contribution in [0.1, 0.15) is 64.2 Å². The lowest BCUT2D eigenvalue weighted by Crippen LogP contribution is -1.92. The minimum absolute atomic E-state index is 0.260. The Morgan fingerprint density at radius 3 is 2.00 bits per heavy atom. The second kappa shape index (κ2) is 15.0. The molecule has 2 N–H and O–H groups in total. The van der Waals surface area contributed by atoms with E-state index in [0.717, 1.165) is 38.5 Å². The molecule has 0 fully saturated rings. The summed E-state index contributed by atoms with van der Waals surface area (Å²) in [7, 11) is 0. The van der Waals surface area contributed by atoms with Gasteiger partial charge in [0.05, 0.1) is 0 Å². The van der Waals surface area contributed by atoms with Crippen LogP contribution in [0.25, 0.3) is 0 Å². The molecule has 0 radical (unpaired) electrons. The van der Waals surface area contributed by atoms with Crippen LogP contribution < -0.4 is 0 Å². The molecule has 0 aromatic heterocycles. The zero-order valence-electron chi connectivity index (χ0n) is 11.9. The Morgan fingerprint density at radius 1 is 0.789 bits per heavy atom. The molecule has 3 nitrogen and oxygen atoms in total. The van der Waals surface area contributed by atoms with Crippen molar-refractivity contribution in [3.05, 3.63) is 24.3 Å². The Labute approximate surface area is 117 Å². The van der Waals surface area contributed by atoms with Crippen LogP contribution in [0.5, 0.6) is 0 Å². The Morgan fingerprint density at radius 2 is 1.37 bits per heavy atom. The molecular weight excluding hydrogens is 240 g/mol. The molecule has 3 heteroatoms. The zero-order chi connectivity index (χ0) is 14.2. The SMILES string of the molecule is O=C(O)CCCC=CCC=CCCCCCCCO. The van der Waals surface area contributed by atoms with Crippen LogP contribution in [-0.4, -0.2) is 22.8 Å². The fraction of sp³-hybridized carbons (Fsp3) is 0.688. The van der Waals surface area contributed by atoms with Gasteiger partial charge in [0.1, 0.15) is 0 Å². The second-order valence-corrected chi connectivity index (χ2v) is 4.74. The van der Waals surface area contributed by atoms with Crippen LogP contribution in [0.4, 0.5) is 0 Å². The maximum absolute atomic E-state index is 10.3. The highest BCUT2D eigenvalue weighted by Gasteiger charge is 1.92. The molecule has 0 saturated carbocycles. The third kappa shape index (κ3) is 16.9. The molecule has 0 aliphatic heterocycles. The number of aliphatic carboxylic acids is 1. The fourth-order valence-corrected chi connectivity index (χ4v) is 1.78. The molecule has 0 bridgehead atoms. The van der Waals surface area contributed by atoms with Gasteiger partial charge in [0, 0.05) is 13.0 Å². The molecule has 0 amide bonds. The van der Waals surface area contributed by atoms with Crippen LogP contribution in [-0.2, 0) is 4.79 Å². The van der Waals surface area contributed by atoms with Crippen LogP contribution in [0.3, 0.4) is 0 Å². The molecule has 110 valence electrons. The zero-order valence-corrected chi connectivity index (χ0v) is 11.9. The van der Waals surface area contributed by atoms with E-state index < -0.39 is 5.97 Å². The summed E-state index contributed by atoms with van der Waals surface area (Å²) in [6, 6.07) is 0. The van der Waals surface area contributed by atoms with Crippen molar-refractivity contribution < 1.29 is 15.0 Å². The smallest absolute Gasteiger partial charge is 0.303 e. The number of unbranched alkanes of at least 4 members (excludes halogenated alkanes) is 6. The quantitative estimate of drug-likeness (QED) is 0.391. The van der Waals surface area contributed by atoms with E-state index in [0.29, 0.717) is 6.61 Å². The molecule has 0 saturated heterocycles. The van der Waals surface area contributed by atoms with E-state index in [-0.39, 0.29) is 6.42 Å². The summed E-state index contributed by atoms with van der Waals surface area (Å²) < 4.78 is 0. The highest BCUT2D eigenvalue weighted by atomic mass is 16.4. The maximum Gasteiger partial charge on any atom is 0.303 e. The highest BCUT2D eigenvalue weighted by Crippen LogP contribution is 2.06. The van der Waals surface area contributed by atoms with Gasteiger partial charge in [0.25, 0.3) is 0 Å². The number of aliphatic hydroxyl groups excluding tert-OH is 1. The number of carboxylic acids is 1. The number of allylic oxidation sites excluding steroid dienone is 4. The lowest BCUT2D eigenvalue weighted by molar-refractivity contribution is -0.137. The van der Waals surface area contributed by atoms with Gasteiger partial charge in [0.2, 0.25) is 0 Å². The molecular formula is C16H28O3. The monoisotopic (exact) mass is 268 g/mol. The molecule has 0 aliphatic carbocycles. The first-order chi connectivity index (χ1) is 9.27. The Balaban J connectivity index is 3.20. The number of carboxylic acid groups (broad SMARTS) is 1. The van der Waals surface area contributed by atoms with Gasteiger partial charge < -0.3 is 10.2 Å². The third-order valence-corrected chi connectivity index (χ3v) is 2.90. The number of rotatable bonds is 13. The topological polar surface area (TPSA) is 57.5 Å². The summed E-state index contributed by atoms with van der Waals surface area (Å²) in [5, 5.41) is 17.1. The second-order valence-electron chi connectivity index (χ2n) is 4.74. The van der Waals surface area contributed by atoms with Crippen LogP contribution in [0, 0.1) is 0 Å². The lowest BCUT2D eigenvalue weighted by Gasteiger charge is -1.97. The first-order valence-electron chi connectivity index (χ1n) is 7.40. The molecule has 0 aromatic carbocycles. The van der Waals surface area contributed by atoms with E-state index in [9.17, 15) is 4.79 Å². The maximum atomic E-state index is 10.3. The van der Waals surface area contributed by atoms with Gasteiger partial charge in [-0.25, -0.2) is 0 Å². The molecule has 0 atom stereocenters. The van der Waals surface area contributed by atoms with Gasteiger partial charge >= 0.3 is 5.97 Å². The Hall–Kier alpha value is -1.09. The minimum Gasteiger partial charge on any atom is -0.481 e.